The quantitative estimate of drug-likeness (QED) is 0.718. The first kappa shape index (κ1) is 15.5. The van der Waals surface area contributed by atoms with Crippen molar-refractivity contribution in [2.75, 3.05) is 6.54 Å². The molecule has 1 aliphatic heterocycles. The van der Waals surface area contributed by atoms with Crippen LogP contribution < -0.4 is 11.1 Å². The van der Waals surface area contributed by atoms with Gasteiger partial charge in [-0.25, -0.2) is 12.8 Å². The van der Waals surface area contributed by atoms with Gasteiger partial charge in [0.1, 0.15) is 11.9 Å². The van der Waals surface area contributed by atoms with E-state index in [1.165, 1.54) is 6.92 Å². The number of nitrogens with zero attached hydrogens (tertiary/aromatic N) is 1. The number of rotatable bonds is 3. The number of carbonyl (C=O) groups is 2. The number of hydrogen-bond donors (Lipinski definition) is 2. The Morgan fingerprint density at radius 1 is 1.43 bits per heavy atom. The van der Waals surface area contributed by atoms with E-state index < -0.39 is 40.2 Å². The second kappa shape index (κ2) is 5.51. The van der Waals surface area contributed by atoms with Gasteiger partial charge < -0.3 is 5.73 Å². The summed E-state index contributed by atoms with van der Waals surface area (Å²) in [6, 6.07) is 2.15. The molecule has 0 bridgehead atoms. The molecule has 7 nitrogen and oxygen atoms in total. The number of sulfonamides is 1. The molecule has 1 unspecified atom stereocenters. The van der Waals surface area contributed by atoms with Crippen LogP contribution in [0, 0.1) is 5.82 Å². The van der Waals surface area contributed by atoms with Crippen LogP contribution in [-0.4, -0.2) is 37.1 Å². The molecule has 0 aliphatic carbocycles. The number of nitrogens with one attached hydrogen (secondary N) is 1. The number of benzene rings is 1. The molecule has 9 heteroatoms. The molecule has 2 rings (SSSR count). The second-order valence-electron chi connectivity index (χ2n) is 4.60. The van der Waals surface area contributed by atoms with Gasteiger partial charge in [0, 0.05) is 12.1 Å². The zero-order valence-electron chi connectivity index (χ0n) is 11.2. The Bertz CT molecular complexity index is 704. The fraction of sp³-hybridized carbons (Fsp3) is 0.333. The first-order valence-corrected chi connectivity index (χ1v) is 7.55. The molecule has 2 amide bonds. The summed E-state index contributed by atoms with van der Waals surface area (Å²) in [4.78, 5) is 22.7. The van der Waals surface area contributed by atoms with E-state index in [0.29, 0.717) is 0 Å². The largest absolute Gasteiger partial charge is 0.326 e. The van der Waals surface area contributed by atoms with Gasteiger partial charge in [0.15, 0.2) is 0 Å². The lowest BCUT2D eigenvalue weighted by atomic mass is 10.2. The number of carbonyl (C=O) groups excluding carboxylic acids is 2. The summed E-state index contributed by atoms with van der Waals surface area (Å²) in [5.74, 6) is -2.02. The van der Waals surface area contributed by atoms with E-state index in [0.717, 1.165) is 22.5 Å². The highest BCUT2D eigenvalue weighted by atomic mass is 32.2. The minimum atomic E-state index is -4.10. The lowest BCUT2D eigenvalue weighted by molar-refractivity contribution is -0.136. The van der Waals surface area contributed by atoms with Crippen molar-refractivity contribution in [3.8, 4) is 0 Å². The first-order chi connectivity index (χ1) is 9.77. The fourth-order valence-electron chi connectivity index (χ4n) is 1.99. The summed E-state index contributed by atoms with van der Waals surface area (Å²) in [5.41, 5.74) is 5.38. The maximum atomic E-state index is 13.4. The number of hydrogen-bond acceptors (Lipinski definition) is 5. The maximum Gasteiger partial charge on any atom is 0.244 e. The highest BCUT2D eigenvalue weighted by Gasteiger charge is 2.39. The van der Waals surface area contributed by atoms with Crippen molar-refractivity contribution >= 4 is 21.8 Å². The Balaban J connectivity index is 2.46. The molecule has 1 atom stereocenters. The van der Waals surface area contributed by atoms with Gasteiger partial charge in [-0.1, -0.05) is 0 Å². The number of halogens is 1. The van der Waals surface area contributed by atoms with Crippen LogP contribution in [0.3, 0.4) is 0 Å². The van der Waals surface area contributed by atoms with Crippen molar-refractivity contribution in [3.05, 3.63) is 29.6 Å². The van der Waals surface area contributed by atoms with E-state index in [1.54, 1.807) is 0 Å². The minimum Gasteiger partial charge on any atom is -0.326 e. The highest BCUT2D eigenvalue weighted by molar-refractivity contribution is 7.89. The zero-order chi connectivity index (χ0) is 15.8. The molecule has 1 aromatic rings. The van der Waals surface area contributed by atoms with Gasteiger partial charge in [-0.05, 0) is 25.1 Å². The number of imide groups is 1. The average molecular weight is 315 g/mol. The van der Waals surface area contributed by atoms with E-state index in [2.05, 4.69) is 5.32 Å². The van der Waals surface area contributed by atoms with Gasteiger partial charge in [-0.2, -0.15) is 4.31 Å². The summed E-state index contributed by atoms with van der Waals surface area (Å²) in [6.45, 7) is 0.738. The summed E-state index contributed by atoms with van der Waals surface area (Å²) in [7, 11) is -4.10. The van der Waals surface area contributed by atoms with Crippen LogP contribution in [0.5, 0.6) is 0 Å². The van der Waals surface area contributed by atoms with Crippen molar-refractivity contribution in [3.63, 3.8) is 0 Å². The standard InChI is InChI=1S/C12H14FN3O4S/c1-7-12(18)15-11(17)6-16(7)21(19,20)9-2-3-10(13)8(4-9)5-14/h2-4,7H,5-6,14H2,1H3,(H,15,17,18). The molecular formula is C12H14FN3O4S. The zero-order valence-corrected chi connectivity index (χ0v) is 12.0. The van der Waals surface area contributed by atoms with Crippen LogP contribution >= 0.6 is 0 Å². The maximum absolute atomic E-state index is 13.4. The molecule has 114 valence electrons. The molecule has 1 fully saturated rings. The van der Waals surface area contributed by atoms with Crippen molar-refractivity contribution in [1.82, 2.24) is 9.62 Å². The van der Waals surface area contributed by atoms with Crippen molar-refractivity contribution in [2.45, 2.75) is 24.4 Å². The van der Waals surface area contributed by atoms with Gasteiger partial charge in [-0.15, -0.1) is 0 Å². The van der Waals surface area contributed by atoms with Gasteiger partial charge in [0.25, 0.3) is 0 Å². The third kappa shape index (κ3) is 2.80. The first-order valence-electron chi connectivity index (χ1n) is 6.11. The summed E-state index contributed by atoms with van der Waals surface area (Å²) in [5, 5.41) is 2.05. The summed E-state index contributed by atoms with van der Waals surface area (Å²) in [6.07, 6.45) is 0. The van der Waals surface area contributed by atoms with E-state index >= 15 is 0 Å². The molecule has 1 aliphatic rings. The van der Waals surface area contributed by atoms with Crippen LogP contribution in [0.15, 0.2) is 23.1 Å². The Morgan fingerprint density at radius 2 is 2.10 bits per heavy atom. The van der Waals surface area contributed by atoms with Crippen molar-refractivity contribution in [1.29, 1.82) is 0 Å². The smallest absolute Gasteiger partial charge is 0.244 e. The van der Waals surface area contributed by atoms with E-state index in [9.17, 15) is 22.4 Å². The Labute approximate surface area is 121 Å². The molecule has 0 aromatic heterocycles. The Morgan fingerprint density at radius 3 is 2.71 bits per heavy atom. The van der Waals surface area contributed by atoms with E-state index in [4.69, 9.17) is 5.73 Å². The van der Waals surface area contributed by atoms with Crippen LogP contribution in [-0.2, 0) is 26.2 Å². The third-order valence-electron chi connectivity index (χ3n) is 3.22. The topological polar surface area (TPSA) is 110 Å². The van der Waals surface area contributed by atoms with Gasteiger partial charge in [0.05, 0.1) is 11.4 Å². The lowest BCUT2D eigenvalue weighted by Gasteiger charge is -2.30. The van der Waals surface area contributed by atoms with Gasteiger partial charge in [-0.3, -0.25) is 14.9 Å². The molecule has 1 saturated heterocycles. The average Bonchev–Trinajstić information content (AvgIpc) is 2.42. The molecule has 3 N–H and O–H groups in total. The molecule has 1 aromatic carbocycles. The summed E-state index contributed by atoms with van der Waals surface area (Å²) >= 11 is 0. The van der Waals surface area contributed by atoms with Gasteiger partial charge in [0.2, 0.25) is 21.8 Å². The fourth-order valence-corrected chi connectivity index (χ4v) is 3.59. The van der Waals surface area contributed by atoms with Crippen molar-refractivity contribution < 1.29 is 22.4 Å². The highest BCUT2D eigenvalue weighted by Crippen LogP contribution is 2.22. The molecule has 0 saturated carbocycles. The van der Waals surface area contributed by atoms with Crippen LogP contribution in [0.2, 0.25) is 0 Å². The van der Waals surface area contributed by atoms with E-state index in [-0.39, 0.29) is 17.0 Å². The Hall–Kier alpha value is -1.84. The van der Waals surface area contributed by atoms with Crippen LogP contribution in [0.25, 0.3) is 0 Å². The number of amides is 2. The molecule has 0 radical (unpaired) electrons. The normalized spacial score (nSPS) is 20.4. The molecule has 0 spiro atoms. The SMILES string of the molecule is CC1C(=O)NC(=O)CN1S(=O)(=O)c1ccc(F)c(CN)c1. The monoisotopic (exact) mass is 315 g/mol. The number of piperazine rings is 1. The molecule has 1 heterocycles. The van der Waals surface area contributed by atoms with Crippen molar-refractivity contribution in [2.24, 2.45) is 5.73 Å². The minimum absolute atomic E-state index is 0.0384. The van der Waals surface area contributed by atoms with Gasteiger partial charge >= 0.3 is 0 Å². The van der Waals surface area contributed by atoms with E-state index in [1.807, 2.05) is 0 Å². The predicted octanol–water partition coefficient (Wildman–Crippen LogP) is -0.680. The Kier molecular flexibility index (Phi) is 4.08. The number of nitrogens with two attached hydrogens (primary N) is 1. The van der Waals surface area contributed by atoms with Crippen LogP contribution in [0.1, 0.15) is 12.5 Å². The predicted molar refractivity (Wildman–Crippen MR) is 70.8 cm³/mol. The second-order valence-corrected chi connectivity index (χ2v) is 6.49. The molecular weight excluding hydrogens is 301 g/mol. The lowest BCUT2D eigenvalue weighted by Crippen LogP contribution is -2.58. The van der Waals surface area contributed by atoms with Crippen LogP contribution in [0.4, 0.5) is 4.39 Å². The summed E-state index contributed by atoms with van der Waals surface area (Å²) < 4.78 is 39.2. The molecule has 21 heavy (non-hydrogen) atoms. The third-order valence-corrected chi connectivity index (χ3v) is 5.13.